The standard InChI is InChI=1S/C16H14ClO3.Li/c1-18-15-7-3-5-13(11-15)16(19-8-9-20-16)12-4-2-6-14(17)10-12;/h2-7,11H,8-9H2,1H3;/q-1;+1. The van der Waals surface area contributed by atoms with Gasteiger partial charge < -0.3 is 14.2 Å². The van der Waals surface area contributed by atoms with Crippen LogP contribution >= 0.6 is 11.6 Å². The number of hydrogen-bond donors (Lipinski definition) is 0. The average molecular weight is 297 g/mol. The van der Waals surface area contributed by atoms with Gasteiger partial charge >= 0.3 is 18.9 Å². The summed E-state index contributed by atoms with van der Waals surface area (Å²) in [7, 11) is 1.63. The van der Waals surface area contributed by atoms with E-state index < -0.39 is 5.79 Å². The molecule has 1 aliphatic rings. The number of hydrogen-bond acceptors (Lipinski definition) is 3. The predicted octanol–water partition coefficient (Wildman–Crippen LogP) is 0.401. The Bertz CT molecular complexity index is 612. The second kappa shape index (κ2) is 6.87. The van der Waals surface area contributed by atoms with Gasteiger partial charge in [0.2, 0.25) is 0 Å². The average Bonchev–Trinajstić information content (AvgIpc) is 2.98. The summed E-state index contributed by atoms with van der Waals surface area (Å²) in [6.45, 7) is 1.05. The molecular weight excluding hydrogens is 283 g/mol. The van der Waals surface area contributed by atoms with Crippen LogP contribution in [0.1, 0.15) is 11.1 Å². The van der Waals surface area contributed by atoms with Crippen LogP contribution in [-0.2, 0) is 15.3 Å². The number of benzene rings is 2. The molecule has 0 bridgehead atoms. The van der Waals surface area contributed by atoms with Crippen molar-refractivity contribution in [2.24, 2.45) is 0 Å². The largest absolute Gasteiger partial charge is 1.00 e. The molecule has 2 aromatic rings. The van der Waals surface area contributed by atoms with Gasteiger partial charge in [0.1, 0.15) is 5.75 Å². The minimum absolute atomic E-state index is 0. The summed E-state index contributed by atoms with van der Waals surface area (Å²) in [6.07, 6.45) is 0. The van der Waals surface area contributed by atoms with Crippen LogP contribution in [0.5, 0.6) is 5.75 Å². The Hall–Kier alpha value is -0.953. The molecule has 2 aromatic carbocycles. The maximum atomic E-state index is 6.04. The molecule has 0 aliphatic carbocycles. The van der Waals surface area contributed by atoms with Crippen LogP contribution in [0, 0.1) is 6.07 Å². The first-order chi connectivity index (χ1) is 9.74. The maximum absolute atomic E-state index is 6.04. The SMILES string of the molecule is COc1cccc(C2(c3[c-]c(Cl)ccc3)OCCO2)c1.[Li+]. The molecule has 0 aromatic heterocycles. The molecule has 3 rings (SSSR count). The van der Waals surface area contributed by atoms with Gasteiger partial charge in [-0.2, -0.15) is 24.3 Å². The van der Waals surface area contributed by atoms with Crippen LogP contribution in [0.25, 0.3) is 0 Å². The van der Waals surface area contributed by atoms with E-state index in [0.717, 1.165) is 16.9 Å². The van der Waals surface area contributed by atoms with Crippen molar-refractivity contribution < 1.29 is 33.1 Å². The van der Waals surface area contributed by atoms with E-state index in [4.69, 9.17) is 25.8 Å². The van der Waals surface area contributed by atoms with E-state index >= 15 is 0 Å². The summed E-state index contributed by atoms with van der Waals surface area (Å²) in [6, 6.07) is 16.3. The van der Waals surface area contributed by atoms with Crippen LogP contribution in [0.2, 0.25) is 5.02 Å². The zero-order chi connectivity index (χ0) is 14.0. The quantitative estimate of drug-likeness (QED) is 0.606. The van der Waals surface area contributed by atoms with E-state index in [9.17, 15) is 0 Å². The first-order valence-corrected chi connectivity index (χ1v) is 6.73. The topological polar surface area (TPSA) is 27.7 Å². The van der Waals surface area contributed by atoms with Crippen LogP contribution in [0.15, 0.2) is 42.5 Å². The summed E-state index contributed by atoms with van der Waals surface area (Å²) in [4.78, 5) is 0. The van der Waals surface area contributed by atoms with Crippen LogP contribution in [-0.4, -0.2) is 20.3 Å². The van der Waals surface area contributed by atoms with Crippen LogP contribution in [0.4, 0.5) is 0 Å². The molecule has 0 amide bonds. The third-order valence-corrected chi connectivity index (χ3v) is 3.48. The normalized spacial score (nSPS) is 16.3. The van der Waals surface area contributed by atoms with Gasteiger partial charge in [0.25, 0.3) is 0 Å². The van der Waals surface area contributed by atoms with E-state index in [2.05, 4.69) is 6.07 Å². The third-order valence-electron chi connectivity index (χ3n) is 3.26. The Morgan fingerprint density at radius 3 is 2.52 bits per heavy atom. The van der Waals surface area contributed by atoms with E-state index in [-0.39, 0.29) is 18.9 Å². The molecule has 104 valence electrons. The fourth-order valence-electron chi connectivity index (χ4n) is 2.35. The Morgan fingerprint density at radius 1 is 1.14 bits per heavy atom. The fourth-order valence-corrected chi connectivity index (χ4v) is 2.53. The van der Waals surface area contributed by atoms with E-state index in [0.29, 0.717) is 18.2 Å². The van der Waals surface area contributed by atoms with E-state index in [1.165, 1.54) is 0 Å². The Kier molecular flexibility index (Phi) is 5.37. The van der Waals surface area contributed by atoms with Gasteiger partial charge in [-0.05, 0) is 12.1 Å². The molecule has 1 aliphatic heterocycles. The van der Waals surface area contributed by atoms with Crippen molar-refractivity contribution in [3.63, 3.8) is 0 Å². The van der Waals surface area contributed by atoms with Gasteiger partial charge in [-0.1, -0.05) is 22.7 Å². The molecular formula is C16H14ClLiO3. The van der Waals surface area contributed by atoms with Crippen molar-refractivity contribution in [2.45, 2.75) is 5.79 Å². The van der Waals surface area contributed by atoms with Gasteiger partial charge in [0, 0.05) is 5.56 Å². The van der Waals surface area contributed by atoms with Crippen molar-refractivity contribution in [3.8, 4) is 5.75 Å². The number of halogens is 1. The third kappa shape index (κ3) is 3.13. The second-order valence-corrected chi connectivity index (χ2v) is 4.87. The van der Waals surface area contributed by atoms with Gasteiger partial charge in [0.05, 0.1) is 20.3 Å². The molecule has 0 unspecified atom stereocenters. The fraction of sp³-hybridized carbons (Fsp3) is 0.250. The molecule has 5 heteroatoms. The van der Waals surface area contributed by atoms with Crippen molar-refractivity contribution in [1.82, 2.24) is 0 Å². The molecule has 3 nitrogen and oxygen atoms in total. The zero-order valence-corrected chi connectivity index (χ0v) is 12.8. The molecule has 0 spiro atoms. The Balaban J connectivity index is 0.00000161. The number of methoxy groups -OCH3 is 1. The van der Waals surface area contributed by atoms with Gasteiger partial charge in [0.15, 0.2) is 5.79 Å². The molecule has 1 saturated heterocycles. The molecule has 0 atom stereocenters. The van der Waals surface area contributed by atoms with Gasteiger partial charge in [-0.3, -0.25) is 0 Å². The van der Waals surface area contributed by atoms with Gasteiger partial charge in [-0.15, -0.1) is 11.6 Å². The minimum atomic E-state index is -0.959. The van der Waals surface area contributed by atoms with Crippen molar-refractivity contribution in [1.29, 1.82) is 0 Å². The molecule has 0 saturated carbocycles. The molecule has 1 fully saturated rings. The van der Waals surface area contributed by atoms with Crippen molar-refractivity contribution in [2.75, 3.05) is 20.3 Å². The predicted molar refractivity (Wildman–Crippen MR) is 76.0 cm³/mol. The Morgan fingerprint density at radius 2 is 1.86 bits per heavy atom. The number of rotatable bonds is 3. The monoisotopic (exact) mass is 296 g/mol. The summed E-state index contributed by atoms with van der Waals surface area (Å²) in [5.74, 6) is -0.206. The first-order valence-electron chi connectivity index (χ1n) is 6.35. The summed E-state index contributed by atoms with van der Waals surface area (Å²) in [5, 5.41) is 0.531. The molecule has 0 N–H and O–H groups in total. The zero-order valence-electron chi connectivity index (χ0n) is 12.1. The van der Waals surface area contributed by atoms with Crippen LogP contribution in [0.3, 0.4) is 0 Å². The van der Waals surface area contributed by atoms with Crippen LogP contribution < -0.4 is 23.6 Å². The molecule has 1 heterocycles. The van der Waals surface area contributed by atoms with Crippen molar-refractivity contribution in [3.05, 3.63) is 64.7 Å². The molecule has 0 radical (unpaired) electrons. The molecule has 21 heavy (non-hydrogen) atoms. The second-order valence-electron chi connectivity index (χ2n) is 4.46. The Labute approximate surface area is 141 Å². The summed E-state index contributed by atoms with van der Waals surface area (Å²) >= 11 is 6.04. The number of ether oxygens (including phenoxy) is 3. The summed E-state index contributed by atoms with van der Waals surface area (Å²) in [5.41, 5.74) is 1.63. The minimum Gasteiger partial charge on any atom is -0.497 e. The smallest absolute Gasteiger partial charge is 0.497 e. The first kappa shape index (κ1) is 16.4. The maximum Gasteiger partial charge on any atom is 1.00 e. The van der Waals surface area contributed by atoms with E-state index in [1.54, 1.807) is 13.2 Å². The van der Waals surface area contributed by atoms with E-state index in [1.807, 2.05) is 36.4 Å². The summed E-state index contributed by atoms with van der Waals surface area (Å²) < 4.78 is 17.1. The van der Waals surface area contributed by atoms with Crippen molar-refractivity contribution >= 4 is 11.6 Å². The van der Waals surface area contributed by atoms with Gasteiger partial charge in [-0.25, -0.2) is 0 Å².